The molecule has 0 saturated heterocycles. The van der Waals surface area contributed by atoms with Crippen LogP contribution in [0.2, 0.25) is 0 Å². The normalized spacial score (nSPS) is 16.3. The summed E-state index contributed by atoms with van der Waals surface area (Å²) in [6.45, 7) is 2.74. The van der Waals surface area contributed by atoms with Gasteiger partial charge in [0, 0.05) is 22.9 Å². The smallest absolute Gasteiger partial charge is 0.225 e. The second-order valence-corrected chi connectivity index (χ2v) is 6.42. The van der Waals surface area contributed by atoms with Crippen LogP contribution in [-0.2, 0) is 17.6 Å². The lowest BCUT2D eigenvalue weighted by Gasteiger charge is -2.26. The number of ether oxygens (including phenoxy) is 1. The van der Waals surface area contributed by atoms with Crippen molar-refractivity contribution in [3.63, 3.8) is 0 Å². The Morgan fingerprint density at radius 1 is 1.24 bits per heavy atom. The minimum absolute atomic E-state index is 0.00214. The molecule has 0 aliphatic carbocycles. The third-order valence-corrected chi connectivity index (χ3v) is 4.77. The molecule has 0 spiro atoms. The maximum absolute atomic E-state index is 12.6. The molecule has 2 heterocycles. The second-order valence-electron chi connectivity index (χ2n) is 6.42. The molecule has 4 heteroatoms. The molecule has 1 amide bonds. The van der Waals surface area contributed by atoms with Gasteiger partial charge in [-0.1, -0.05) is 37.3 Å². The molecule has 1 N–H and O–H groups in total. The van der Waals surface area contributed by atoms with E-state index in [1.54, 1.807) is 6.26 Å². The van der Waals surface area contributed by atoms with Crippen LogP contribution in [0.15, 0.2) is 53.1 Å². The Morgan fingerprint density at radius 3 is 3.00 bits per heavy atom. The van der Waals surface area contributed by atoms with Crippen LogP contribution in [0.3, 0.4) is 0 Å². The SMILES string of the molecule is CCc1ccc2c(CC(=O)N[C@H]3CCOc4ccccc43)coc2c1. The lowest BCUT2D eigenvalue weighted by Crippen LogP contribution is -2.33. The number of furan rings is 1. The van der Waals surface area contributed by atoms with E-state index in [1.807, 2.05) is 36.4 Å². The number of amides is 1. The highest BCUT2D eigenvalue weighted by molar-refractivity contribution is 5.88. The summed E-state index contributed by atoms with van der Waals surface area (Å²) in [7, 11) is 0. The molecule has 0 saturated carbocycles. The minimum atomic E-state index is 0.00214. The van der Waals surface area contributed by atoms with E-state index < -0.39 is 0 Å². The summed E-state index contributed by atoms with van der Waals surface area (Å²) in [6, 6.07) is 14.1. The first kappa shape index (κ1) is 15.8. The quantitative estimate of drug-likeness (QED) is 0.778. The molecule has 0 radical (unpaired) electrons. The lowest BCUT2D eigenvalue weighted by atomic mass is 10.00. The van der Waals surface area contributed by atoms with Gasteiger partial charge < -0.3 is 14.5 Å². The number of benzene rings is 2. The van der Waals surface area contributed by atoms with E-state index >= 15 is 0 Å². The highest BCUT2D eigenvalue weighted by Crippen LogP contribution is 2.31. The predicted molar refractivity (Wildman–Crippen MR) is 96.7 cm³/mol. The predicted octanol–water partition coefficient (Wildman–Crippen LogP) is 4.18. The van der Waals surface area contributed by atoms with E-state index in [1.165, 1.54) is 5.56 Å². The van der Waals surface area contributed by atoms with Crippen molar-refractivity contribution in [3.8, 4) is 5.75 Å². The van der Waals surface area contributed by atoms with Crippen molar-refractivity contribution in [1.82, 2.24) is 5.32 Å². The van der Waals surface area contributed by atoms with Crippen LogP contribution in [0, 0.1) is 0 Å². The maximum Gasteiger partial charge on any atom is 0.225 e. The van der Waals surface area contributed by atoms with E-state index in [0.29, 0.717) is 13.0 Å². The summed E-state index contributed by atoms with van der Waals surface area (Å²) >= 11 is 0. The average molecular weight is 335 g/mol. The van der Waals surface area contributed by atoms with E-state index in [4.69, 9.17) is 9.15 Å². The molecule has 1 aromatic heterocycles. The number of aryl methyl sites for hydroxylation is 1. The molecule has 1 aliphatic heterocycles. The Kier molecular flexibility index (Phi) is 4.18. The van der Waals surface area contributed by atoms with Gasteiger partial charge in [-0.25, -0.2) is 0 Å². The number of hydrogen-bond donors (Lipinski definition) is 1. The second kappa shape index (κ2) is 6.63. The van der Waals surface area contributed by atoms with Crippen molar-refractivity contribution >= 4 is 16.9 Å². The standard InChI is InChI=1S/C21H21NO3/c1-2-14-7-8-16-15(13-25-20(16)11-14)12-21(23)22-18-9-10-24-19-6-4-3-5-17(18)19/h3-8,11,13,18H,2,9-10,12H2,1H3,(H,22,23)/t18-/m0/s1. The maximum atomic E-state index is 12.6. The number of carbonyl (C=O) groups excluding carboxylic acids is 1. The molecule has 128 valence electrons. The fourth-order valence-electron chi connectivity index (χ4n) is 3.39. The average Bonchev–Trinajstić information content (AvgIpc) is 3.04. The van der Waals surface area contributed by atoms with E-state index in [0.717, 1.165) is 40.7 Å². The van der Waals surface area contributed by atoms with Gasteiger partial charge >= 0.3 is 0 Å². The first-order valence-corrected chi connectivity index (χ1v) is 8.74. The molecular weight excluding hydrogens is 314 g/mol. The minimum Gasteiger partial charge on any atom is -0.493 e. The molecule has 0 fully saturated rings. The van der Waals surface area contributed by atoms with Gasteiger partial charge in [-0.15, -0.1) is 0 Å². The van der Waals surface area contributed by atoms with Crippen LogP contribution in [0.4, 0.5) is 0 Å². The molecule has 0 unspecified atom stereocenters. The molecule has 0 bridgehead atoms. The third kappa shape index (κ3) is 3.12. The molecular formula is C21H21NO3. The van der Waals surface area contributed by atoms with Crippen molar-refractivity contribution in [2.24, 2.45) is 0 Å². The monoisotopic (exact) mass is 335 g/mol. The van der Waals surface area contributed by atoms with E-state index in [2.05, 4.69) is 18.3 Å². The molecule has 1 aliphatic rings. The number of rotatable bonds is 4. The van der Waals surface area contributed by atoms with Crippen molar-refractivity contribution in [2.45, 2.75) is 32.2 Å². The summed E-state index contributed by atoms with van der Waals surface area (Å²) in [5.74, 6) is 0.865. The largest absolute Gasteiger partial charge is 0.493 e. The third-order valence-electron chi connectivity index (χ3n) is 4.77. The highest BCUT2D eigenvalue weighted by atomic mass is 16.5. The number of hydrogen-bond acceptors (Lipinski definition) is 3. The zero-order chi connectivity index (χ0) is 17.2. The van der Waals surface area contributed by atoms with Crippen LogP contribution in [0.1, 0.15) is 36.1 Å². The first-order valence-electron chi connectivity index (χ1n) is 8.74. The van der Waals surface area contributed by atoms with Crippen LogP contribution in [0.25, 0.3) is 11.0 Å². The van der Waals surface area contributed by atoms with Crippen LogP contribution in [-0.4, -0.2) is 12.5 Å². The summed E-state index contributed by atoms with van der Waals surface area (Å²) in [5, 5.41) is 4.15. The molecule has 3 aromatic rings. The van der Waals surface area contributed by atoms with Gasteiger partial charge in [-0.3, -0.25) is 4.79 Å². The van der Waals surface area contributed by atoms with E-state index in [-0.39, 0.29) is 11.9 Å². The molecule has 25 heavy (non-hydrogen) atoms. The Balaban J connectivity index is 1.50. The molecule has 1 atom stereocenters. The summed E-state index contributed by atoms with van der Waals surface area (Å²) < 4.78 is 11.3. The van der Waals surface area contributed by atoms with Crippen LogP contribution >= 0.6 is 0 Å². The van der Waals surface area contributed by atoms with Gasteiger partial charge in [0.05, 0.1) is 25.3 Å². The van der Waals surface area contributed by atoms with E-state index in [9.17, 15) is 4.79 Å². The molecule has 4 nitrogen and oxygen atoms in total. The molecule has 4 rings (SSSR count). The Hall–Kier alpha value is -2.75. The lowest BCUT2D eigenvalue weighted by molar-refractivity contribution is -0.121. The summed E-state index contributed by atoms with van der Waals surface area (Å²) in [4.78, 5) is 12.6. The van der Waals surface area contributed by atoms with Gasteiger partial charge in [0.15, 0.2) is 0 Å². The zero-order valence-corrected chi connectivity index (χ0v) is 14.2. The van der Waals surface area contributed by atoms with Gasteiger partial charge in [0.2, 0.25) is 5.91 Å². The van der Waals surface area contributed by atoms with Gasteiger partial charge in [-0.05, 0) is 24.1 Å². The first-order chi connectivity index (χ1) is 12.2. The fourth-order valence-corrected chi connectivity index (χ4v) is 3.39. The number of nitrogens with one attached hydrogen (secondary N) is 1. The van der Waals surface area contributed by atoms with Gasteiger partial charge in [0.1, 0.15) is 11.3 Å². The number of fused-ring (bicyclic) bond motifs is 2. The fraction of sp³-hybridized carbons (Fsp3) is 0.286. The van der Waals surface area contributed by atoms with Crippen molar-refractivity contribution in [3.05, 3.63) is 65.4 Å². The summed E-state index contributed by atoms with van der Waals surface area (Å²) in [5.41, 5.74) is 4.05. The Bertz CT molecular complexity index is 912. The number of para-hydroxylation sites is 1. The topological polar surface area (TPSA) is 51.5 Å². The van der Waals surface area contributed by atoms with Gasteiger partial charge in [0.25, 0.3) is 0 Å². The van der Waals surface area contributed by atoms with Crippen molar-refractivity contribution in [1.29, 1.82) is 0 Å². The van der Waals surface area contributed by atoms with Crippen LogP contribution < -0.4 is 10.1 Å². The highest BCUT2D eigenvalue weighted by Gasteiger charge is 2.23. The van der Waals surface area contributed by atoms with Crippen LogP contribution in [0.5, 0.6) is 5.75 Å². The number of carbonyl (C=O) groups is 1. The molecule has 2 aromatic carbocycles. The van der Waals surface area contributed by atoms with Crippen molar-refractivity contribution in [2.75, 3.05) is 6.61 Å². The Morgan fingerprint density at radius 2 is 2.12 bits per heavy atom. The van der Waals surface area contributed by atoms with Crippen molar-refractivity contribution < 1.29 is 13.9 Å². The zero-order valence-electron chi connectivity index (χ0n) is 14.2. The summed E-state index contributed by atoms with van der Waals surface area (Å²) in [6.07, 6.45) is 3.77. The Labute approximate surface area is 146 Å². The van der Waals surface area contributed by atoms with Gasteiger partial charge in [-0.2, -0.15) is 0 Å².